The van der Waals surface area contributed by atoms with Gasteiger partial charge < -0.3 is 9.84 Å². The lowest BCUT2D eigenvalue weighted by Gasteiger charge is -2.09. The summed E-state index contributed by atoms with van der Waals surface area (Å²) in [5, 5.41) is 14.7. The fraction of sp³-hybridized carbons (Fsp3) is 0.211. The number of fused-ring (bicyclic) bond motifs is 1. The molecule has 0 bridgehead atoms. The number of benzene rings is 2. The lowest BCUT2D eigenvalue weighted by molar-refractivity contribution is 0.373. The molecule has 3 aromatic rings. The normalized spacial score (nSPS) is 11.4. The number of halogens is 2. The molecule has 0 atom stereocenters. The Morgan fingerprint density at radius 1 is 1.30 bits per heavy atom. The van der Waals surface area contributed by atoms with E-state index in [-0.39, 0.29) is 11.3 Å². The molecular formula is C19H17Br2N3O3. The number of hydrogen-bond donors (Lipinski definition) is 1. The Morgan fingerprint density at radius 2 is 2.07 bits per heavy atom. The molecule has 0 saturated heterocycles. The maximum Gasteiger partial charge on any atom is 0.282 e. The zero-order valence-electron chi connectivity index (χ0n) is 14.7. The van der Waals surface area contributed by atoms with E-state index in [0.29, 0.717) is 38.9 Å². The Labute approximate surface area is 172 Å². The average Bonchev–Trinajstić information content (AvgIpc) is 2.64. The zero-order valence-corrected chi connectivity index (χ0v) is 17.9. The summed E-state index contributed by atoms with van der Waals surface area (Å²) >= 11 is 6.78. The van der Waals surface area contributed by atoms with Gasteiger partial charge in [0.2, 0.25) is 0 Å². The number of aromatic hydroxyl groups is 1. The van der Waals surface area contributed by atoms with Crippen molar-refractivity contribution in [1.82, 2.24) is 9.66 Å². The Kier molecular flexibility index (Phi) is 5.96. The van der Waals surface area contributed by atoms with Crippen molar-refractivity contribution >= 4 is 49.0 Å². The van der Waals surface area contributed by atoms with Gasteiger partial charge in [-0.25, -0.2) is 4.98 Å². The maximum absolute atomic E-state index is 13.0. The van der Waals surface area contributed by atoms with Crippen molar-refractivity contribution in [2.24, 2.45) is 5.10 Å². The van der Waals surface area contributed by atoms with E-state index in [0.717, 1.165) is 10.9 Å². The molecule has 140 valence electrons. The van der Waals surface area contributed by atoms with Crippen LogP contribution < -0.4 is 10.3 Å². The molecule has 0 spiro atoms. The number of aryl methyl sites for hydroxylation is 1. The smallest absolute Gasteiger partial charge is 0.282 e. The third kappa shape index (κ3) is 4.06. The zero-order chi connectivity index (χ0) is 19.6. The lowest BCUT2D eigenvalue weighted by Crippen LogP contribution is -2.22. The minimum atomic E-state index is -0.233. The standard InChI is InChI=1S/C19H17Br2N3O3/c1-3-4-18-23-15-6-5-12(20)8-13(15)19(26)24(18)22-10-11-7-17(27-2)16(25)9-14(11)21/h5-10,25H,3-4H2,1-2H3. The molecule has 6 nitrogen and oxygen atoms in total. The van der Waals surface area contributed by atoms with Crippen molar-refractivity contribution in [3.63, 3.8) is 0 Å². The van der Waals surface area contributed by atoms with Crippen LogP contribution in [0, 0.1) is 0 Å². The third-order valence-electron chi connectivity index (χ3n) is 3.96. The van der Waals surface area contributed by atoms with Crippen molar-refractivity contribution in [2.75, 3.05) is 7.11 Å². The molecule has 0 aliphatic heterocycles. The number of rotatable bonds is 5. The van der Waals surface area contributed by atoms with E-state index >= 15 is 0 Å². The molecule has 0 aliphatic carbocycles. The summed E-state index contributed by atoms with van der Waals surface area (Å²) in [5.41, 5.74) is 1.07. The molecule has 1 N–H and O–H groups in total. The summed E-state index contributed by atoms with van der Waals surface area (Å²) in [6, 6.07) is 8.57. The van der Waals surface area contributed by atoms with E-state index in [1.165, 1.54) is 24.1 Å². The molecule has 2 aromatic carbocycles. The van der Waals surface area contributed by atoms with E-state index in [1.807, 2.05) is 19.1 Å². The van der Waals surface area contributed by atoms with Gasteiger partial charge in [0.15, 0.2) is 11.5 Å². The monoisotopic (exact) mass is 493 g/mol. The summed E-state index contributed by atoms with van der Waals surface area (Å²) < 4.78 is 7.89. The van der Waals surface area contributed by atoms with Gasteiger partial charge in [-0.3, -0.25) is 4.79 Å². The Balaban J connectivity index is 2.16. The summed E-state index contributed by atoms with van der Waals surface area (Å²) in [5.74, 6) is 0.930. The summed E-state index contributed by atoms with van der Waals surface area (Å²) in [6.45, 7) is 2.02. The molecular weight excluding hydrogens is 478 g/mol. The van der Waals surface area contributed by atoms with Crippen LogP contribution in [-0.4, -0.2) is 28.1 Å². The van der Waals surface area contributed by atoms with Crippen molar-refractivity contribution < 1.29 is 9.84 Å². The second-order valence-electron chi connectivity index (χ2n) is 5.85. The molecule has 27 heavy (non-hydrogen) atoms. The number of methoxy groups -OCH3 is 1. The first-order valence-electron chi connectivity index (χ1n) is 8.26. The number of phenolic OH excluding ortho intramolecular Hbond substituents is 1. The second-order valence-corrected chi connectivity index (χ2v) is 7.62. The average molecular weight is 495 g/mol. The number of phenols is 1. The van der Waals surface area contributed by atoms with E-state index < -0.39 is 0 Å². The molecule has 0 saturated carbocycles. The molecule has 3 rings (SSSR count). The van der Waals surface area contributed by atoms with E-state index in [4.69, 9.17) is 4.74 Å². The Morgan fingerprint density at radius 3 is 2.78 bits per heavy atom. The molecule has 0 aliphatic rings. The highest BCUT2D eigenvalue weighted by molar-refractivity contribution is 9.10. The number of ether oxygens (including phenoxy) is 1. The highest BCUT2D eigenvalue weighted by atomic mass is 79.9. The van der Waals surface area contributed by atoms with Gasteiger partial charge >= 0.3 is 0 Å². The highest BCUT2D eigenvalue weighted by Gasteiger charge is 2.11. The van der Waals surface area contributed by atoms with Gasteiger partial charge in [-0.05, 0) is 52.7 Å². The SMILES string of the molecule is CCCc1nc2ccc(Br)cc2c(=O)n1N=Cc1cc(OC)c(O)cc1Br. The van der Waals surface area contributed by atoms with Crippen LogP contribution in [0.25, 0.3) is 10.9 Å². The summed E-state index contributed by atoms with van der Waals surface area (Å²) in [6.07, 6.45) is 3.00. The number of aromatic nitrogens is 2. The van der Waals surface area contributed by atoms with Crippen molar-refractivity contribution in [3.8, 4) is 11.5 Å². The minimum absolute atomic E-state index is 0.0163. The van der Waals surface area contributed by atoms with Crippen LogP contribution in [0.5, 0.6) is 11.5 Å². The minimum Gasteiger partial charge on any atom is -0.504 e. The largest absolute Gasteiger partial charge is 0.504 e. The first kappa shape index (κ1) is 19.6. The van der Waals surface area contributed by atoms with Crippen molar-refractivity contribution in [2.45, 2.75) is 19.8 Å². The molecule has 1 heterocycles. The van der Waals surface area contributed by atoms with E-state index in [2.05, 4.69) is 41.9 Å². The quantitative estimate of drug-likeness (QED) is 0.531. The predicted octanol–water partition coefficient (Wildman–Crippen LogP) is 4.47. The predicted molar refractivity (Wildman–Crippen MR) is 113 cm³/mol. The van der Waals surface area contributed by atoms with Crippen LogP contribution in [0.4, 0.5) is 0 Å². The molecule has 1 aromatic heterocycles. The first-order chi connectivity index (χ1) is 12.9. The number of nitrogens with zero attached hydrogens (tertiary/aromatic N) is 3. The van der Waals surface area contributed by atoms with E-state index in [1.54, 1.807) is 12.1 Å². The van der Waals surface area contributed by atoms with Crippen molar-refractivity contribution in [1.29, 1.82) is 0 Å². The van der Waals surface area contributed by atoms with Crippen LogP contribution >= 0.6 is 31.9 Å². The van der Waals surface area contributed by atoms with Gasteiger partial charge in [-0.1, -0.05) is 22.9 Å². The molecule has 8 heteroatoms. The topological polar surface area (TPSA) is 76.7 Å². The molecule has 0 amide bonds. The second kappa shape index (κ2) is 8.22. The molecule has 0 radical (unpaired) electrons. The Hall–Kier alpha value is -2.19. The van der Waals surface area contributed by atoms with Gasteiger partial charge in [0.1, 0.15) is 5.82 Å². The lowest BCUT2D eigenvalue weighted by atomic mass is 10.2. The summed E-state index contributed by atoms with van der Waals surface area (Å²) in [7, 11) is 1.47. The van der Waals surface area contributed by atoms with Gasteiger partial charge in [-0.2, -0.15) is 9.78 Å². The van der Waals surface area contributed by atoms with Crippen molar-refractivity contribution in [3.05, 3.63) is 61.0 Å². The van der Waals surface area contributed by atoms with E-state index in [9.17, 15) is 9.90 Å². The molecule has 0 fully saturated rings. The van der Waals surface area contributed by atoms with Gasteiger partial charge in [0, 0.05) is 20.9 Å². The highest BCUT2D eigenvalue weighted by Crippen LogP contribution is 2.31. The van der Waals surface area contributed by atoms with Gasteiger partial charge in [0.05, 0.1) is 24.2 Å². The van der Waals surface area contributed by atoms with Gasteiger partial charge in [-0.15, -0.1) is 0 Å². The number of hydrogen-bond acceptors (Lipinski definition) is 5. The fourth-order valence-corrected chi connectivity index (χ4v) is 3.43. The van der Waals surface area contributed by atoms with Crippen LogP contribution in [0.3, 0.4) is 0 Å². The first-order valence-corrected chi connectivity index (χ1v) is 9.85. The summed E-state index contributed by atoms with van der Waals surface area (Å²) in [4.78, 5) is 17.6. The fourth-order valence-electron chi connectivity index (χ4n) is 2.64. The Bertz CT molecular complexity index is 1090. The van der Waals surface area contributed by atoms with Crippen LogP contribution in [0.2, 0.25) is 0 Å². The molecule has 0 unspecified atom stereocenters. The van der Waals surface area contributed by atoms with Gasteiger partial charge in [0.25, 0.3) is 5.56 Å². The van der Waals surface area contributed by atoms with Crippen LogP contribution in [-0.2, 0) is 6.42 Å². The van der Waals surface area contributed by atoms with Crippen LogP contribution in [0.15, 0.2) is 49.2 Å². The van der Waals surface area contributed by atoms with Crippen LogP contribution in [0.1, 0.15) is 24.7 Å². The maximum atomic E-state index is 13.0. The third-order valence-corrected chi connectivity index (χ3v) is 5.14.